The molecule has 0 radical (unpaired) electrons. The van der Waals surface area contributed by atoms with E-state index in [0.29, 0.717) is 17.2 Å². The minimum atomic E-state index is -0.0155. The number of aromatic nitrogens is 3. The van der Waals surface area contributed by atoms with Gasteiger partial charge in [0, 0.05) is 0 Å². The van der Waals surface area contributed by atoms with Gasteiger partial charge in [-0.3, -0.25) is 0 Å². The van der Waals surface area contributed by atoms with Crippen LogP contribution in [0.1, 0.15) is 42.1 Å². The summed E-state index contributed by atoms with van der Waals surface area (Å²) in [6.07, 6.45) is 3.43. The van der Waals surface area contributed by atoms with Crippen LogP contribution in [0.5, 0.6) is 17.2 Å². The van der Waals surface area contributed by atoms with Crippen LogP contribution in [0.3, 0.4) is 0 Å². The molecule has 29 heavy (non-hydrogen) atoms. The summed E-state index contributed by atoms with van der Waals surface area (Å²) >= 11 is 0. The average molecular weight is 394 g/mol. The van der Waals surface area contributed by atoms with Gasteiger partial charge in [0.1, 0.15) is 6.33 Å². The summed E-state index contributed by atoms with van der Waals surface area (Å²) in [5.74, 6) is 2.59. The summed E-state index contributed by atoms with van der Waals surface area (Å²) in [7, 11) is 4.86. The molecule has 1 aliphatic rings. The first kappa shape index (κ1) is 19.1. The molecular formula is C22H26N4O3. The van der Waals surface area contributed by atoms with Crippen molar-refractivity contribution in [2.45, 2.75) is 31.8 Å². The zero-order valence-corrected chi connectivity index (χ0v) is 17.2. The van der Waals surface area contributed by atoms with Crippen molar-refractivity contribution in [1.29, 1.82) is 0 Å². The molecule has 7 nitrogen and oxygen atoms in total. The van der Waals surface area contributed by atoms with Crippen LogP contribution in [0.15, 0.2) is 42.7 Å². The second-order valence-electron chi connectivity index (χ2n) is 7.03. The molecule has 0 bridgehead atoms. The molecule has 0 amide bonds. The number of aryl methyl sites for hydroxylation is 1. The van der Waals surface area contributed by atoms with Gasteiger partial charge in [0.15, 0.2) is 11.5 Å². The van der Waals surface area contributed by atoms with Gasteiger partial charge in [-0.05, 0) is 41.7 Å². The molecule has 0 spiro atoms. The lowest BCUT2D eigenvalue weighted by atomic mass is 9.92. The number of nitrogens with zero attached hydrogens (tertiary/aromatic N) is 3. The quantitative estimate of drug-likeness (QED) is 0.681. The van der Waals surface area contributed by atoms with Crippen molar-refractivity contribution in [3.05, 3.63) is 59.4 Å². The number of methoxy groups -OCH3 is 3. The third kappa shape index (κ3) is 3.48. The van der Waals surface area contributed by atoms with Gasteiger partial charge in [-0.2, -0.15) is 10.1 Å². The molecule has 3 aromatic rings. The Hall–Kier alpha value is -3.22. The van der Waals surface area contributed by atoms with Gasteiger partial charge in [-0.1, -0.05) is 31.2 Å². The summed E-state index contributed by atoms with van der Waals surface area (Å²) in [4.78, 5) is 4.41. The molecular weight excluding hydrogens is 368 g/mol. The molecule has 152 valence electrons. The summed E-state index contributed by atoms with van der Waals surface area (Å²) < 4.78 is 18.5. The first-order valence-corrected chi connectivity index (χ1v) is 9.73. The number of nitrogens with one attached hydrogen (secondary N) is 1. The lowest BCUT2D eigenvalue weighted by Crippen LogP contribution is -2.28. The van der Waals surface area contributed by atoms with Crippen LogP contribution in [-0.4, -0.2) is 36.1 Å². The van der Waals surface area contributed by atoms with Gasteiger partial charge in [0.05, 0.1) is 33.4 Å². The van der Waals surface area contributed by atoms with Crippen molar-refractivity contribution < 1.29 is 14.2 Å². The van der Waals surface area contributed by atoms with Gasteiger partial charge < -0.3 is 19.5 Å². The van der Waals surface area contributed by atoms with Crippen LogP contribution >= 0.6 is 0 Å². The molecule has 0 fully saturated rings. The first-order chi connectivity index (χ1) is 14.2. The van der Waals surface area contributed by atoms with Crippen molar-refractivity contribution in [2.24, 2.45) is 0 Å². The Morgan fingerprint density at radius 2 is 1.69 bits per heavy atom. The highest BCUT2D eigenvalue weighted by Crippen LogP contribution is 2.44. The zero-order valence-electron chi connectivity index (χ0n) is 17.2. The van der Waals surface area contributed by atoms with Crippen molar-refractivity contribution in [1.82, 2.24) is 14.8 Å². The Balaban J connectivity index is 1.75. The number of anilines is 1. The maximum absolute atomic E-state index is 5.55. The standard InChI is InChI=1S/C22H26N4O3/c1-5-14-6-8-15(9-7-14)17-12-18(26-22(25-17)23-13-24-26)16-10-19(27-2)21(29-4)20(11-16)28-3/h6-11,13,17-18H,5,12H2,1-4H3,(H,23,24,25). The van der Waals surface area contributed by atoms with Crippen molar-refractivity contribution in [2.75, 3.05) is 26.6 Å². The Morgan fingerprint density at radius 3 is 2.28 bits per heavy atom. The van der Waals surface area contributed by atoms with E-state index in [1.807, 2.05) is 16.8 Å². The normalized spacial score (nSPS) is 17.9. The number of hydrogen-bond acceptors (Lipinski definition) is 6. The highest BCUT2D eigenvalue weighted by Gasteiger charge is 2.31. The zero-order chi connectivity index (χ0) is 20.4. The molecule has 2 aromatic carbocycles. The summed E-state index contributed by atoms with van der Waals surface area (Å²) in [5, 5.41) is 7.97. The number of rotatable bonds is 6. The maximum atomic E-state index is 5.55. The molecule has 0 saturated heterocycles. The van der Waals surface area contributed by atoms with Gasteiger partial charge in [-0.15, -0.1) is 0 Å². The Labute approximate surface area is 170 Å². The fraction of sp³-hybridized carbons (Fsp3) is 0.364. The fourth-order valence-electron chi connectivity index (χ4n) is 3.90. The SMILES string of the molecule is CCc1ccc(C2CC(c3cc(OC)c(OC)c(OC)c3)n3ncnc3N2)cc1. The van der Waals surface area contributed by atoms with Crippen LogP contribution in [0.25, 0.3) is 0 Å². The van der Waals surface area contributed by atoms with Crippen LogP contribution in [0.4, 0.5) is 5.95 Å². The highest BCUT2D eigenvalue weighted by atomic mass is 16.5. The summed E-state index contributed by atoms with van der Waals surface area (Å²) in [6, 6.07) is 12.8. The smallest absolute Gasteiger partial charge is 0.222 e. The molecule has 1 aliphatic heterocycles. The molecule has 4 rings (SSSR count). The molecule has 7 heteroatoms. The Morgan fingerprint density at radius 1 is 1.00 bits per heavy atom. The van der Waals surface area contributed by atoms with E-state index in [-0.39, 0.29) is 12.1 Å². The van der Waals surface area contributed by atoms with E-state index in [4.69, 9.17) is 14.2 Å². The van der Waals surface area contributed by atoms with E-state index in [9.17, 15) is 0 Å². The lowest BCUT2D eigenvalue weighted by molar-refractivity contribution is 0.322. The number of fused-ring (bicyclic) bond motifs is 1. The summed E-state index contributed by atoms with van der Waals surface area (Å²) in [5.41, 5.74) is 3.59. The van der Waals surface area contributed by atoms with E-state index >= 15 is 0 Å². The maximum Gasteiger partial charge on any atom is 0.222 e. The van der Waals surface area contributed by atoms with Crippen molar-refractivity contribution in [3.8, 4) is 17.2 Å². The van der Waals surface area contributed by atoms with Crippen LogP contribution < -0.4 is 19.5 Å². The molecule has 0 aliphatic carbocycles. The second-order valence-corrected chi connectivity index (χ2v) is 7.03. The molecule has 0 saturated carbocycles. The average Bonchev–Trinajstić information content (AvgIpc) is 3.26. The van der Waals surface area contributed by atoms with Gasteiger partial charge in [0.25, 0.3) is 0 Å². The van der Waals surface area contributed by atoms with Gasteiger partial charge in [0.2, 0.25) is 11.7 Å². The Bertz CT molecular complexity index is 959. The van der Waals surface area contributed by atoms with Gasteiger partial charge >= 0.3 is 0 Å². The topological polar surface area (TPSA) is 70.4 Å². The minimum Gasteiger partial charge on any atom is -0.493 e. The van der Waals surface area contributed by atoms with E-state index in [1.165, 1.54) is 11.1 Å². The monoisotopic (exact) mass is 394 g/mol. The molecule has 2 atom stereocenters. The predicted octanol–water partition coefficient (Wildman–Crippen LogP) is 4.01. The third-order valence-corrected chi connectivity index (χ3v) is 5.49. The second kappa shape index (κ2) is 8.03. The van der Waals surface area contributed by atoms with Crippen molar-refractivity contribution in [3.63, 3.8) is 0 Å². The molecule has 1 N–H and O–H groups in total. The van der Waals surface area contributed by atoms with E-state index in [0.717, 1.165) is 24.4 Å². The predicted molar refractivity (Wildman–Crippen MR) is 111 cm³/mol. The highest BCUT2D eigenvalue weighted by molar-refractivity contribution is 5.55. The Kier molecular flexibility index (Phi) is 5.29. The first-order valence-electron chi connectivity index (χ1n) is 9.73. The fourth-order valence-corrected chi connectivity index (χ4v) is 3.90. The number of benzene rings is 2. The van der Waals surface area contributed by atoms with E-state index in [2.05, 4.69) is 46.6 Å². The van der Waals surface area contributed by atoms with Crippen molar-refractivity contribution >= 4 is 5.95 Å². The largest absolute Gasteiger partial charge is 0.493 e. The lowest BCUT2D eigenvalue weighted by Gasteiger charge is -2.32. The van der Waals surface area contributed by atoms with Gasteiger partial charge in [-0.25, -0.2) is 4.68 Å². The molecule has 1 aromatic heterocycles. The minimum absolute atomic E-state index is 0.0155. The third-order valence-electron chi connectivity index (χ3n) is 5.49. The van der Waals surface area contributed by atoms with Crippen LogP contribution in [-0.2, 0) is 6.42 Å². The van der Waals surface area contributed by atoms with E-state index < -0.39 is 0 Å². The molecule has 2 unspecified atom stereocenters. The van der Waals surface area contributed by atoms with E-state index in [1.54, 1.807) is 27.7 Å². The van der Waals surface area contributed by atoms with Crippen LogP contribution in [0.2, 0.25) is 0 Å². The molecule has 2 heterocycles. The number of hydrogen-bond donors (Lipinski definition) is 1. The summed E-state index contributed by atoms with van der Waals surface area (Å²) in [6.45, 7) is 2.16. The van der Waals surface area contributed by atoms with Crippen LogP contribution in [0, 0.1) is 0 Å². The number of ether oxygens (including phenoxy) is 3.